The van der Waals surface area contributed by atoms with Crippen molar-refractivity contribution in [3.8, 4) is 0 Å². The Morgan fingerprint density at radius 3 is 2.41 bits per heavy atom. The average Bonchev–Trinajstić information content (AvgIpc) is 2.27. The third kappa shape index (κ3) is 2.49. The van der Waals surface area contributed by atoms with Crippen molar-refractivity contribution in [3.05, 3.63) is 0 Å². The van der Waals surface area contributed by atoms with Crippen LogP contribution in [0.15, 0.2) is 0 Å². The van der Waals surface area contributed by atoms with Crippen molar-refractivity contribution in [1.82, 2.24) is 4.90 Å². The van der Waals surface area contributed by atoms with Crippen molar-refractivity contribution in [2.45, 2.75) is 52.1 Å². The molecule has 1 spiro atoms. The summed E-state index contributed by atoms with van der Waals surface area (Å²) in [6.45, 7) is 6.09. The van der Waals surface area contributed by atoms with Gasteiger partial charge in [-0.25, -0.2) is 0 Å². The first-order valence-electron chi connectivity index (χ1n) is 6.88. The van der Waals surface area contributed by atoms with E-state index in [1.165, 1.54) is 12.8 Å². The first-order chi connectivity index (χ1) is 8.07. The fraction of sp³-hybridized carbons (Fsp3) is 0.929. The predicted molar refractivity (Wildman–Crippen MR) is 67.7 cm³/mol. The minimum Gasteiger partial charge on any atom is -0.381 e. The summed E-state index contributed by atoms with van der Waals surface area (Å²) in [4.78, 5) is 14.0. The van der Waals surface area contributed by atoms with Gasteiger partial charge in [0.2, 0.25) is 5.91 Å². The maximum Gasteiger partial charge on any atom is 0.222 e. The average molecular weight is 239 g/mol. The van der Waals surface area contributed by atoms with Crippen LogP contribution in [0.1, 0.15) is 46.0 Å². The number of hydrogen-bond donors (Lipinski definition) is 0. The minimum atomic E-state index is 0.336. The van der Waals surface area contributed by atoms with Gasteiger partial charge in [0.05, 0.1) is 6.10 Å². The van der Waals surface area contributed by atoms with Crippen LogP contribution in [-0.4, -0.2) is 37.1 Å². The Labute approximate surface area is 105 Å². The molecule has 3 heteroatoms. The number of nitrogens with zero attached hydrogens (tertiary/aromatic N) is 1. The molecule has 98 valence electrons. The second-order valence-corrected chi connectivity index (χ2v) is 6.10. The van der Waals surface area contributed by atoms with Gasteiger partial charge in [0.15, 0.2) is 0 Å². The molecule has 1 aliphatic carbocycles. The first kappa shape index (κ1) is 12.9. The summed E-state index contributed by atoms with van der Waals surface area (Å²) in [6.07, 6.45) is 5.91. The van der Waals surface area contributed by atoms with Crippen molar-refractivity contribution >= 4 is 5.91 Å². The second-order valence-electron chi connectivity index (χ2n) is 6.10. The van der Waals surface area contributed by atoms with Crippen LogP contribution < -0.4 is 0 Å². The Hall–Kier alpha value is -0.570. The third-order valence-corrected chi connectivity index (χ3v) is 4.57. The van der Waals surface area contributed by atoms with Gasteiger partial charge in [-0.3, -0.25) is 4.79 Å². The standard InChI is InChI=1S/C14H25NO2/c1-11(2)10-13(16)15-8-6-14(7-9-15)5-4-12(14)17-3/h11-12H,4-10H2,1-3H3. The molecule has 0 radical (unpaired) electrons. The van der Waals surface area contributed by atoms with Crippen molar-refractivity contribution in [2.75, 3.05) is 20.2 Å². The van der Waals surface area contributed by atoms with Crippen molar-refractivity contribution in [3.63, 3.8) is 0 Å². The maximum atomic E-state index is 12.0. The molecule has 1 unspecified atom stereocenters. The molecule has 0 aromatic heterocycles. The Bertz CT molecular complexity index is 278. The molecule has 1 saturated heterocycles. The summed E-state index contributed by atoms with van der Waals surface area (Å²) < 4.78 is 5.54. The molecule has 1 saturated carbocycles. The van der Waals surface area contributed by atoms with E-state index in [9.17, 15) is 4.79 Å². The molecule has 2 aliphatic rings. The lowest BCUT2D eigenvalue weighted by molar-refractivity contribution is -0.145. The number of likely N-dealkylation sites (tertiary alicyclic amines) is 1. The zero-order valence-corrected chi connectivity index (χ0v) is 11.4. The maximum absolute atomic E-state index is 12.0. The number of hydrogen-bond acceptors (Lipinski definition) is 2. The summed E-state index contributed by atoms with van der Waals surface area (Å²) in [5.41, 5.74) is 0.406. The van der Waals surface area contributed by atoms with Crippen LogP contribution in [0.25, 0.3) is 0 Å². The van der Waals surface area contributed by atoms with Crippen LogP contribution in [0, 0.1) is 11.3 Å². The zero-order valence-electron chi connectivity index (χ0n) is 11.4. The minimum absolute atomic E-state index is 0.336. The van der Waals surface area contributed by atoms with Gasteiger partial charge in [-0.15, -0.1) is 0 Å². The molecule has 1 heterocycles. The molecule has 2 fully saturated rings. The molecule has 1 atom stereocenters. The molecule has 17 heavy (non-hydrogen) atoms. The lowest BCUT2D eigenvalue weighted by Gasteiger charge is -2.53. The number of carbonyl (C=O) groups excluding carboxylic acids is 1. The van der Waals surface area contributed by atoms with Gasteiger partial charge < -0.3 is 9.64 Å². The fourth-order valence-corrected chi connectivity index (χ4v) is 3.29. The topological polar surface area (TPSA) is 29.5 Å². The first-order valence-corrected chi connectivity index (χ1v) is 6.88. The van der Waals surface area contributed by atoms with Gasteiger partial charge in [-0.1, -0.05) is 13.8 Å². The molecule has 2 rings (SSSR count). The highest BCUT2D eigenvalue weighted by atomic mass is 16.5. The summed E-state index contributed by atoms with van der Waals surface area (Å²) in [5, 5.41) is 0. The predicted octanol–water partition coefficient (Wildman–Crippen LogP) is 2.45. The fourth-order valence-electron chi connectivity index (χ4n) is 3.29. The number of amides is 1. The zero-order chi connectivity index (χ0) is 12.5. The van der Waals surface area contributed by atoms with E-state index < -0.39 is 0 Å². The van der Waals surface area contributed by atoms with Crippen LogP contribution in [0.4, 0.5) is 0 Å². The van der Waals surface area contributed by atoms with Gasteiger partial charge in [0.25, 0.3) is 0 Å². The van der Waals surface area contributed by atoms with Crippen LogP contribution >= 0.6 is 0 Å². The highest BCUT2D eigenvalue weighted by Crippen LogP contribution is 2.50. The SMILES string of the molecule is COC1CCC12CCN(C(=O)CC(C)C)CC2. The van der Waals surface area contributed by atoms with Gasteiger partial charge >= 0.3 is 0 Å². The molecule has 0 N–H and O–H groups in total. The Morgan fingerprint density at radius 2 is 2.00 bits per heavy atom. The largest absolute Gasteiger partial charge is 0.381 e. The smallest absolute Gasteiger partial charge is 0.222 e. The van der Waals surface area contributed by atoms with E-state index >= 15 is 0 Å². The lowest BCUT2D eigenvalue weighted by atomic mass is 9.60. The Morgan fingerprint density at radius 1 is 1.35 bits per heavy atom. The number of rotatable bonds is 3. The van der Waals surface area contributed by atoms with E-state index in [1.54, 1.807) is 0 Å². The lowest BCUT2D eigenvalue weighted by Crippen LogP contribution is -2.54. The number of carbonyl (C=O) groups is 1. The number of piperidine rings is 1. The van der Waals surface area contributed by atoms with Crippen LogP contribution in [0.3, 0.4) is 0 Å². The van der Waals surface area contributed by atoms with E-state index in [0.717, 1.165) is 25.9 Å². The molecule has 1 aliphatic heterocycles. The third-order valence-electron chi connectivity index (χ3n) is 4.57. The molecule has 0 aromatic carbocycles. The van der Waals surface area contributed by atoms with Crippen molar-refractivity contribution < 1.29 is 9.53 Å². The molecule has 0 bridgehead atoms. The Kier molecular flexibility index (Phi) is 3.76. The van der Waals surface area contributed by atoms with Crippen LogP contribution in [-0.2, 0) is 9.53 Å². The summed E-state index contributed by atoms with van der Waals surface area (Å²) in [6, 6.07) is 0. The molecule has 0 aromatic rings. The highest BCUT2D eigenvalue weighted by molar-refractivity contribution is 5.76. The summed E-state index contributed by atoms with van der Waals surface area (Å²) in [7, 11) is 1.82. The monoisotopic (exact) mass is 239 g/mol. The van der Waals surface area contributed by atoms with Crippen molar-refractivity contribution in [2.24, 2.45) is 11.3 Å². The second kappa shape index (κ2) is 4.97. The van der Waals surface area contributed by atoms with E-state index in [4.69, 9.17) is 4.74 Å². The van der Waals surface area contributed by atoms with Gasteiger partial charge in [0, 0.05) is 32.0 Å². The van der Waals surface area contributed by atoms with Gasteiger partial charge in [-0.2, -0.15) is 0 Å². The molecular formula is C14H25NO2. The normalized spacial score (nSPS) is 27.3. The summed E-state index contributed by atoms with van der Waals surface area (Å²) >= 11 is 0. The van der Waals surface area contributed by atoms with Crippen LogP contribution in [0.5, 0.6) is 0 Å². The van der Waals surface area contributed by atoms with E-state index in [0.29, 0.717) is 29.8 Å². The van der Waals surface area contributed by atoms with Gasteiger partial charge in [0.1, 0.15) is 0 Å². The Balaban J connectivity index is 1.84. The molecule has 3 nitrogen and oxygen atoms in total. The van der Waals surface area contributed by atoms with E-state index in [2.05, 4.69) is 18.7 Å². The van der Waals surface area contributed by atoms with Gasteiger partial charge in [-0.05, 0) is 31.6 Å². The summed E-state index contributed by atoms with van der Waals surface area (Å²) in [5.74, 6) is 0.803. The van der Waals surface area contributed by atoms with E-state index in [1.807, 2.05) is 7.11 Å². The quantitative estimate of drug-likeness (QED) is 0.757. The van der Waals surface area contributed by atoms with Crippen LogP contribution in [0.2, 0.25) is 0 Å². The van der Waals surface area contributed by atoms with Crippen molar-refractivity contribution in [1.29, 1.82) is 0 Å². The highest BCUT2D eigenvalue weighted by Gasteiger charge is 2.48. The number of methoxy groups -OCH3 is 1. The molecule has 1 amide bonds. The van der Waals surface area contributed by atoms with E-state index in [-0.39, 0.29) is 0 Å². The molecular weight excluding hydrogens is 214 g/mol. The number of ether oxygens (including phenoxy) is 1.